The van der Waals surface area contributed by atoms with Crippen LogP contribution < -0.4 is 10.1 Å². The smallest absolute Gasteiger partial charge is 0.121 e. The van der Waals surface area contributed by atoms with Crippen LogP contribution in [-0.4, -0.2) is 26.4 Å². The first-order valence-electron chi connectivity index (χ1n) is 5.97. The number of rotatable bonds is 3. The fraction of sp³-hybridized carbons (Fsp3) is 0.538. The van der Waals surface area contributed by atoms with E-state index in [1.54, 1.807) is 7.11 Å². The summed E-state index contributed by atoms with van der Waals surface area (Å²) in [5.41, 5.74) is 0.943. The zero-order chi connectivity index (χ0) is 12.1. The molecule has 0 amide bonds. The Morgan fingerprint density at radius 1 is 1.35 bits per heavy atom. The number of ether oxygens (including phenoxy) is 2. The topological polar surface area (TPSA) is 30.5 Å². The maximum absolute atomic E-state index is 6.16. The molecule has 17 heavy (non-hydrogen) atoms. The maximum atomic E-state index is 6.16. The third-order valence-corrected chi connectivity index (χ3v) is 3.31. The van der Waals surface area contributed by atoms with Crippen molar-refractivity contribution in [3.05, 3.63) is 23.2 Å². The van der Waals surface area contributed by atoms with Gasteiger partial charge in [-0.2, -0.15) is 0 Å². The molecular weight excluding hydrogens is 238 g/mol. The van der Waals surface area contributed by atoms with Crippen LogP contribution in [0.4, 0.5) is 5.69 Å². The summed E-state index contributed by atoms with van der Waals surface area (Å²) >= 11 is 6.16. The number of halogens is 1. The second-order valence-electron chi connectivity index (χ2n) is 4.23. The van der Waals surface area contributed by atoms with E-state index in [1.807, 2.05) is 18.2 Å². The van der Waals surface area contributed by atoms with Crippen LogP contribution in [0.5, 0.6) is 5.75 Å². The van der Waals surface area contributed by atoms with E-state index in [-0.39, 0.29) is 0 Å². The van der Waals surface area contributed by atoms with Crippen LogP contribution in [0, 0.1) is 0 Å². The van der Waals surface area contributed by atoms with Crippen molar-refractivity contribution >= 4 is 17.3 Å². The second-order valence-corrected chi connectivity index (χ2v) is 4.64. The number of hydrogen-bond acceptors (Lipinski definition) is 3. The minimum absolute atomic E-state index is 0.433. The lowest BCUT2D eigenvalue weighted by Gasteiger charge is -2.18. The van der Waals surface area contributed by atoms with Crippen LogP contribution in [0.15, 0.2) is 18.2 Å². The monoisotopic (exact) mass is 255 g/mol. The summed E-state index contributed by atoms with van der Waals surface area (Å²) in [4.78, 5) is 0. The van der Waals surface area contributed by atoms with Gasteiger partial charge in [0.2, 0.25) is 0 Å². The van der Waals surface area contributed by atoms with Gasteiger partial charge >= 0.3 is 0 Å². The lowest BCUT2D eigenvalue weighted by atomic mass is 10.1. The molecule has 94 valence electrons. The molecule has 0 spiro atoms. The molecule has 1 N–H and O–H groups in total. The van der Waals surface area contributed by atoms with Gasteiger partial charge in [0, 0.05) is 25.3 Å². The lowest BCUT2D eigenvalue weighted by Crippen LogP contribution is -2.19. The first-order valence-corrected chi connectivity index (χ1v) is 6.35. The van der Waals surface area contributed by atoms with Crippen molar-refractivity contribution in [2.24, 2.45) is 0 Å². The summed E-state index contributed by atoms with van der Waals surface area (Å²) in [6, 6.07) is 6.09. The Hall–Kier alpha value is -0.930. The molecule has 2 rings (SSSR count). The Bertz CT molecular complexity index is 362. The van der Waals surface area contributed by atoms with Gasteiger partial charge in [-0.25, -0.2) is 0 Å². The molecule has 0 radical (unpaired) electrons. The van der Waals surface area contributed by atoms with Gasteiger partial charge in [0.1, 0.15) is 5.75 Å². The predicted octanol–water partition coefficient (Wildman–Crippen LogP) is 3.33. The maximum Gasteiger partial charge on any atom is 0.121 e. The molecule has 1 aliphatic rings. The molecule has 0 aromatic heterocycles. The Morgan fingerprint density at radius 3 is 3.06 bits per heavy atom. The zero-order valence-corrected chi connectivity index (χ0v) is 10.8. The van der Waals surface area contributed by atoms with Gasteiger partial charge < -0.3 is 14.8 Å². The molecule has 1 aromatic carbocycles. The van der Waals surface area contributed by atoms with E-state index in [1.165, 1.54) is 0 Å². The van der Waals surface area contributed by atoms with E-state index in [0.29, 0.717) is 6.04 Å². The Kier molecular flexibility index (Phi) is 4.51. The fourth-order valence-corrected chi connectivity index (χ4v) is 2.18. The molecule has 0 bridgehead atoms. The van der Waals surface area contributed by atoms with E-state index < -0.39 is 0 Å². The van der Waals surface area contributed by atoms with E-state index in [0.717, 1.165) is 48.9 Å². The lowest BCUT2D eigenvalue weighted by molar-refractivity contribution is 0.144. The van der Waals surface area contributed by atoms with Crippen LogP contribution in [0.25, 0.3) is 0 Å². The molecule has 1 heterocycles. The van der Waals surface area contributed by atoms with Gasteiger partial charge in [-0.05, 0) is 31.4 Å². The number of methoxy groups -OCH3 is 1. The third-order valence-electron chi connectivity index (χ3n) is 2.99. The van der Waals surface area contributed by atoms with Gasteiger partial charge in [0.25, 0.3) is 0 Å². The summed E-state index contributed by atoms with van der Waals surface area (Å²) in [5.74, 6) is 0.821. The van der Waals surface area contributed by atoms with Crippen LogP contribution in [-0.2, 0) is 4.74 Å². The molecule has 1 aromatic rings. The van der Waals surface area contributed by atoms with Crippen LogP contribution >= 0.6 is 11.6 Å². The Morgan fingerprint density at radius 2 is 2.24 bits per heavy atom. The van der Waals surface area contributed by atoms with Crippen LogP contribution in [0.3, 0.4) is 0 Å². The highest BCUT2D eigenvalue weighted by Crippen LogP contribution is 2.28. The van der Waals surface area contributed by atoms with Crippen molar-refractivity contribution in [2.45, 2.75) is 25.3 Å². The minimum Gasteiger partial charge on any atom is -0.497 e. The number of nitrogens with one attached hydrogen (secondary N) is 1. The van der Waals surface area contributed by atoms with Crippen molar-refractivity contribution in [1.29, 1.82) is 0 Å². The third kappa shape index (κ3) is 3.51. The van der Waals surface area contributed by atoms with Gasteiger partial charge in [-0.15, -0.1) is 0 Å². The highest BCUT2D eigenvalue weighted by Gasteiger charge is 2.13. The van der Waals surface area contributed by atoms with Crippen molar-refractivity contribution in [2.75, 3.05) is 25.6 Å². The second kappa shape index (κ2) is 6.12. The van der Waals surface area contributed by atoms with Gasteiger partial charge in [-0.3, -0.25) is 0 Å². The summed E-state index contributed by atoms with van der Waals surface area (Å²) in [5, 5.41) is 4.20. The average molecular weight is 256 g/mol. The van der Waals surface area contributed by atoms with Crippen molar-refractivity contribution < 1.29 is 9.47 Å². The average Bonchev–Trinajstić information content (AvgIpc) is 2.60. The van der Waals surface area contributed by atoms with E-state index in [9.17, 15) is 0 Å². The molecule has 1 unspecified atom stereocenters. The SMILES string of the molecule is COc1ccc(Cl)c(NC2CCCOCC2)c1. The first-order chi connectivity index (χ1) is 8.29. The number of hydrogen-bond donors (Lipinski definition) is 1. The molecule has 1 aliphatic heterocycles. The van der Waals surface area contributed by atoms with Gasteiger partial charge in [0.15, 0.2) is 0 Å². The number of anilines is 1. The Balaban J connectivity index is 2.05. The highest BCUT2D eigenvalue weighted by molar-refractivity contribution is 6.33. The normalized spacial score (nSPS) is 20.7. The molecule has 0 saturated carbocycles. The van der Waals surface area contributed by atoms with Crippen LogP contribution in [0.1, 0.15) is 19.3 Å². The van der Waals surface area contributed by atoms with Crippen LogP contribution in [0.2, 0.25) is 5.02 Å². The first kappa shape index (κ1) is 12.5. The van der Waals surface area contributed by atoms with Gasteiger partial charge in [-0.1, -0.05) is 11.6 Å². The molecule has 1 saturated heterocycles. The molecule has 1 fully saturated rings. The highest BCUT2D eigenvalue weighted by atomic mass is 35.5. The van der Waals surface area contributed by atoms with Crippen molar-refractivity contribution in [3.8, 4) is 5.75 Å². The molecule has 3 nitrogen and oxygen atoms in total. The van der Waals surface area contributed by atoms with Crippen molar-refractivity contribution in [3.63, 3.8) is 0 Å². The molecule has 0 aliphatic carbocycles. The van der Waals surface area contributed by atoms with Crippen molar-refractivity contribution in [1.82, 2.24) is 0 Å². The zero-order valence-electron chi connectivity index (χ0n) is 10.0. The molecule has 1 atom stereocenters. The predicted molar refractivity (Wildman–Crippen MR) is 70.1 cm³/mol. The van der Waals surface area contributed by atoms with Gasteiger partial charge in [0.05, 0.1) is 17.8 Å². The quantitative estimate of drug-likeness (QED) is 0.899. The van der Waals surface area contributed by atoms with E-state index in [2.05, 4.69) is 5.32 Å². The fourth-order valence-electron chi connectivity index (χ4n) is 2.01. The summed E-state index contributed by atoms with van der Waals surface area (Å²) in [6.45, 7) is 1.68. The summed E-state index contributed by atoms with van der Waals surface area (Å²) in [6.07, 6.45) is 3.24. The number of benzene rings is 1. The summed E-state index contributed by atoms with van der Waals surface area (Å²) in [7, 11) is 1.66. The largest absolute Gasteiger partial charge is 0.497 e. The standard InChI is InChI=1S/C13H18ClNO2/c1-16-11-4-5-12(14)13(9-11)15-10-3-2-7-17-8-6-10/h4-5,9-10,15H,2-3,6-8H2,1H3. The molecular formula is C13H18ClNO2. The minimum atomic E-state index is 0.433. The molecule has 4 heteroatoms. The van der Waals surface area contributed by atoms with E-state index >= 15 is 0 Å². The summed E-state index contributed by atoms with van der Waals surface area (Å²) < 4.78 is 10.6. The van der Waals surface area contributed by atoms with E-state index in [4.69, 9.17) is 21.1 Å². The Labute approximate surface area is 107 Å².